The Hall–Kier alpha value is -3.33. The first-order chi connectivity index (χ1) is 12.7. The third-order valence-electron chi connectivity index (χ3n) is 3.71. The molecule has 0 saturated carbocycles. The quantitative estimate of drug-likeness (QED) is 0.670. The molecule has 0 fully saturated rings. The second-order valence-electron chi connectivity index (χ2n) is 5.80. The zero-order chi connectivity index (χ0) is 19.6. The lowest BCUT2D eigenvalue weighted by atomic mass is 10.1. The molecule has 0 bridgehead atoms. The molecular formula is C18H15N3O5S. The first-order valence-corrected chi connectivity index (χ1v) is 9.69. The molecule has 0 atom stereocenters. The van der Waals surface area contributed by atoms with Crippen molar-refractivity contribution in [3.8, 4) is 11.5 Å². The average Bonchev–Trinajstić information content (AvgIpc) is 3.09. The molecule has 138 valence electrons. The minimum Gasteiger partial charge on any atom is -0.403 e. The van der Waals surface area contributed by atoms with E-state index >= 15 is 0 Å². The van der Waals surface area contributed by atoms with Crippen LogP contribution in [0.4, 0.5) is 6.01 Å². The van der Waals surface area contributed by atoms with Crippen molar-refractivity contribution in [3.05, 3.63) is 59.7 Å². The van der Waals surface area contributed by atoms with Crippen molar-refractivity contribution in [2.24, 2.45) is 0 Å². The van der Waals surface area contributed by atoms with E-state index in [1.54, 1.807) is 24.3 Å². The van der Waals surface area contributed by atoms with Crippen LogP contribution in [0.25, 0.3) is 11.5 Å². The summed E-state index contributed by atoms with van der Waals surface area (Å²) in [6.07, 6.45) is 1.10. The van der Waals surface area contributed by atoms with Crippen molar-refractivity contribution in [2.45, 2.75) is 11.8 Å². The number of carbonyl (C=O) groups is 2. The number of anilines is 1. The lowest BCUT2D eigenvalue weighted by Crippen LogP contribution is -2.12. The van der Waals surface area contributed by atoms with Crippen LogP contribution in [0.3, 0.4) is 0 Å². The topological polar surface area (TPSA) is 119 Å². The maximum absolute atomic E-state index is 12.2. The van der Waals surface area contributed by atoms with E-state index in [1.807, 2.05) is 0 Å². The Kier molecular flexibility index (Phi) is 4.87. The molecule has 0 aliphatic carbocycles. The number of amides is 1. The average molecular weight is 385 g/mol. The summed E-state index contributed by atoms with van der Waals surface area (Å²) >= 11 is 0. The van der Waals surface area contributed by atoms with Gasteiger partial charge >= 0.3 is 6.01 Å². The van der Waals surface area contributed by atoms with E-state index in [1.165, 1.54) is 31.2 Å². The molecule has 0 aliphatic heterocycles. The van der Waals surface area contributed by atoms with E-state index in [0.717, 1.165) is 6.26 Å². The number of ketones is 1. The van der Waals surface area contributed by atoms with E-state index in [2.05, 4.69) is 15.5 Å². The van der Waals surface area contributed by atoms with Gasteiger partial charge in [0.25, 0.3) is 5.91 Å². The number of benzene rings is 2. The number of sulfone groups is 1. The van der Waals surface area contributed by atoms with Crippen molar-refractivity contribution >= 4 is 27.5 Å². The normalized spacial score (nSPS) is 11.2. The lowest BCUT2D eigenvalue weighted by Gasteiger charge is -2.02. The van der Waals surface area contributed by atoms with Crippen molar-refractivity contribution in [1.29, 1.82) is 0 Å². The van der Waals surface area contributed by atoms with Crippen LogP contribution in [0.2, 0.25) is 0 Å². The van der Waals surface area contributed by atoms with Crippen LogP contribution in [0.1, 0.15) is 27.6 Å². The summed E-state index contributed by atoms with van der Waals surface area (Å²) in [5.74, 6) is -0.507. The predicted molar refractivity (Wildman–Crippen MR) is 97.2 cm³/mol. The fraction of sp³-hybridized carbons (Fsp3) is 0.111. The van der Waals surface area contributed by atoms with Gasteiger partial charge in [0.2, 0.25) is 5.89 Å². The maximum atomic E-state index is 12.2. The van der Waals surface area contributed by atoms with Crippen LogP contribution >= 0.6 is 0 Å². The number of hydrogen-bond donors (Lipinski definition) is 1. The van der Waals surface area contributed by atoms with Crippen LogP contribution in [0.15, 0.2) is 57.8 Å². The maximum Gasteiger partial charge on any atom is 0.322 e. The van der Waals surface area contributed by atoms with E-state index in [0.29, 0.717) is 16.7 Å². The molecule has 1 amide bonds. The SMILES string of the molecule is CC(=O)c1ccc(C(=O)Nc2nnc(-c3cccc(S(C)(=O)=O)c3)o2)cc1. The highest BCUT2D eigenvalue weighted by molar-refractivity contribution is 7.90. The van der Waals surface area contributed by atoms with Crippen LogP contribution < -0.4 is 5.32 Å². The zero-order valence-corrected chi connectivity index (χ0v) is 15.3. The van der Waals surface area contributed by atoms with Gasteiger partial charge in [0, 0.05) is 22.9 Å². The van der Waals surface area contributed by atoms with Crippen molar-refractivity contribution in [3.63, 3.8) is 0 Å². The lowest BCUT2D eigenvalue weighted by molar-refractivity contribution is 0.100. The minimum atomic E-state index is -3.37. The Morgan fingerprint density at radius 3 is 2.30 bits per heavy atom. The van der Waals surface area contributed by atoms with E-state index in [-0.39, 0.29) is 22.6 Å². The van der Waals surface area contributed by atoms with E-state index in [4.69, 9.17) is 4.42 Å². The smallest absolute Gasteiger partial charge is 0.322 e. The summed E-state index contributed by atoms with van der Waals surface area (Å²) in [6.45, 7) is 1.44. The highest BCUT2D eigenvalue weighted by atomic mass is 32.2. The zero-order valence-electron chi connectivity index (χ0n) is 14.5. The Bertz CT molecular complexity index is 1120. The third-order valence-corrected chi connectivity index (χ3v) is 4.82. The van der Waals surface area contributed by atoms with Gasteiger partial charge in [0.1, 0.15) is 0 Å². The monoisotopic (exact) mass is 385 g/mol. The Morgan fingerprint density at radius 2 is 1.67 bits per heavy atom. The summed E-state index contributed by atoms with van der Waals surface area (Å²) in [5.41, 5.74) is 1.23. The standard InChI is InChI=1S/C18H15N3O5S/c1-11(22)12-6-8-13(9-7-12)16(23)19-18-21-20-17(26-18)14-4-3-5-15(10-14)27(2,24)25/h3-10H,1-2H3,(H,19,21,23). The number of Topliss-reactive ketones (excluding diaryl/α,β-unsaturated/α-hetero) is 1. The first-order valence-electron chi connectivity index (χ1n) is 7.80. The third kappa shape index (κ3) is 4.26. The Balaban J connectivity index is 1.78. The molecule has 9 heteroatoms. The van der Waals surface area contributed by atoms with Gasteiger partial charge in [-0.15, -0.1) is 5.10 Å². The number of aromatic nitrogens is 2. The van der Waals surface area contributed by atoms with Crippen LogP contribution in [-0.2, 0) is 9.84 Å². The molecule has 3 aromatic rings. The second kappa shape index (κ2) is 7.12. The summed E-state index contributed by atoms with van der Waals surface area (Å²) in [4.78, 5) is 23.6. The molecule has 0 radical (unpaired) electrons. The van der Waals surface area contributed by atoms with E-state index < -0.39 is 15.7 Å². The van der Waals surface area contributed by atoms with E-state index in [9.17, 15) is 18.0 Å². The van der Waals surface area contributed by atoms with Gasteiger partial charge in [0.15, 0.2) is 15.6 Å². The van der Waals surface area contributed by atoms with Gasteiger partial charge < -0.3 is 4.42 Å². The largest absolute Gasteiger partial charge is 0.403 e. The molecule has 8 nitrogen and oxygen atoms in total. The highest BCUT2D eigenvalue weighted by Gasteiger charge is 2.15. The fourth-order valence-electron chi connectivity index (χ4n) is 2.28. The molecule has 0 aliphatic rings. The van der Waals surface area contributed by atoms with Gasteiger partial charge in [-0.3, -0.25) is 14.9 Å². The number of carbonyl (C=O) groups excluding carboxylic acids is 2. The number of hydrogen-bond acceptors (Lipinski definition) is 7. The summed E-state index contributed by atoms with van der Waals surface area (Å²) in [7, 11) is -3.37. The molecule has 1 N–H and O–H groups in total. The Morgan fingerprint density at radius 1 is 1.00 bits per heavy atom. The number of rotatable bonds is 5. The second-order valence-corrected chi connectivity index (χ2v) is 7.82. The van der Waals surface area contributed by atoms with Crippen molar-refractivity contribution in [1.82, 2.24) is 10.2 Å². The molecule has 3 rings (SSSR count). The molecular weight excluding hydrogens is 370 g/mol. The Labute approximate surface area is 155 Å². The molecule has 1 aromatic heterocycles. The summed E-state index contributed by atoms with van der Waals surface area (Å²) in [6, 6.07) is 12.0. The van der Waals surface area contributed by atoms with Gasteiger partial charge in [-0.2, -0.15) is 0 Å². The summed E-state index contributed by atoms with van der Waals surface area (Å²) < 4.78 is 28.7. The highest BCUT2D eigenvalue weighted by Crippen LogP contribution is 2.23. The molecule has 0 spiro atoms. The molecule has 0 unspecified atom stereocenters. The van der Waals surface area contributed by atoms with Crippen LogP contribution in [-0.4, -0.2) is 36.6 Å². The number of nitrogens with zero attached hydrogens (tertiary/aromatic N) is 2. The molecule has 1 heterocycles. The van der Waals surface area contributed by atoms with Gasteiger partial charge in [-0.1, -0.05) is 23.3 Å². The number of nitrogens with one attached hydrogen (secondary N) is 1. The van der Waals surface area contributed by atoms with Crippen molar-refractivity contribution < 1.29 is 22.4 Å². The van der Waals surface area contributed by atoms with Crippen LogP contribution in [0.5, 0.6) is 0 Å². The summed E-state index contributed by atoms with van der Waals surface area (Å²) in [5, 5.41) is 10.0. The first kappa shape index (κ1) is 18.5. The van der Waals surface area contributed by atoms with Crippen LogP contribution in [0, 0.1) is 0 Å². The molecule has 2 aromatic carbocycles. The van der Waals surface area contributed by atoms with Crippen molar-refractivity contribution in [2.75, 3.05) is 11.6 Å². The minimum absolute atomic E-state index is 0.0720. The van der Waals surface area contributed by atoms with Gasteiger partial charge in [-0.05, 0) is 37.3 Å². The van der Waals surface area contributed by atoms with Gasteiger partial charge in [0.05, 0.1) is 4.90 Å². The molecule has 27 heavy (non-hydrogen) atoms. The predicted octanol–water partition coefficient (Wildman–Crippen LogP) is 2.60. The fourth-order valence-corrected chi connectivity index (χ4v) is 2.94. The van der Waals surface area contributed by atoms with Gasteiger partial charge in [-0.25, -0.2) is 8.42 Å². The molecule has 0 saturated heterocycles.